The molecule has 0 aliphatic carbocycles. The number of ether oxygens (including phenoxy) is 4. The van der Waals surface area contributed by atoms with Crippen molar-refractivity contribution in [3.8, 4) is 0 Å². The van der Waals surface area contributed by atoms with Crippen LogP contribution in [0.5, 0.6) is 0 Å². The molecule has 156 valence electrons. The molecule has 0 aromatic heterocycles. The van der Waals surface area contributed by atoms with Crippen LogP contribution in [0.1, 0.15) is 33.3 Å². The van der Waals surface area contributed by atoms with E-state index >= 15 is 0 Å². The lowest BCUT2D eigenvalue weighted by molar-refractivity contribution is -0.139. The smallest absolute Gasteiger partial charge is 0.360 e. The van der Waals surface area contributed by atoms with Gasteiger partial charge in [-0.1, -0.05) is 0 Å². The molecule has 0 saturated carbocycles. The van der Waals surface area contributed by atoms with E-state index < -0.39 is 23.9 Å². The third kappa shape index (κ3) is 3.84. The summed E-state index contributed by atoms with van der Waals surface area (Å²) >= 11 is 0. The van der Waals surface area contributed by atoms with Gasteiger partial charge >= 0.3 is 23.9 Å². The van der Waals surface area contributed by atoms with Crippen molar-refractivity contribution in [1.82, 2.24) is 0 Å². The van der Waals surface area contributed by atoms with Gasteiger partial charge in [-0.3, -0.25) is 9.59 Å². The highest BCUT2D eigenvalue weighted by molar-refractivity contribution is 6.52. The van der Waals surface area contributed by atoms with Gasteiger partial charge in [-0.05, 0) is 26.0 Å². The Labute approximate surface area is 170 Å². The van der Waals surface area contributed by atoms with Gasteiger partial charge in [-0.25, -0.2) is 19.6 Å². The largest absolute Gasteiger partial charge is 0.461 e. The van der Waals surface area contributed by atoms with Crippen molar-refractivity contribution in [2.45, 2.75) is 27.7 Å². The number of nitrogens with zero attached hydrogens (tertiary/aromatic N) is 2. The Hall–Kier alpha value is -3.82. The monoisotopic (exact) mass is 414 g/mol. The van der Waals surface area contributed by atoms with E-state index in [0.29, 0.717) is 0 Å². The van der Waals surface area contributed by atoms with E-state index in [4.69, 9.17) is 18.9 Å². The summed E-state index contributed by atoms with van der Waals surface area (Å²) in [6.45, 7) is 5.84. The second-order valence-corrected chi connectivity index (χ2v) is 6.09. The standard InChI is InChI=1S/C20H18N2O8/c1-5-27-19(25)15-17(29-9(3)23)11-7-12-14(8-13(11)21-15)22-16(20(26)28-6-2)18(12)30-10(4)24/h7-8H,5-6H2,1-4H3. The molecule has 2 aliphatic rings. The fourth-order valence-corrected chi connectivity index (χ4v) is 2.89. The number of esters is 4. The minimum absolute atomic E-state index is 0.0921. The maximum absolute atomic E-state index is 12.3. The first kappa shape index (κ1) is 20.9. The minimum Gasteiger partial charge on any atom is -0.461 e. The van der Waals surface area contributed by atoms with Crippen LogP contribution in [0.25, 0.3) is 11.5 Å². The van der Waals surface area contributed by atoms with E-state index in [1.165, 1.54) is 26.0 Å². The molecule has 0 saturated heterocycles. The van der Waals surface area contributed by atoms with E-state index in [2.05, 4.69) is 9.98 Å². The van der Waals surface area contributed by atoms with Gasteiger partial charge in [0.2, 0.25) is 0 Å². The third-order valence-electron chi connectivity index (χ3n) is 3.93. The topological polar surface area (TPSA) is 130 Å². The zero-order valence-electron chi connectivity index (χ0n) is 16.7. The average molecular weight is 414 g/mol. The van der Waals surface area contributed by atoms with Crippen LogP contribution in [-0.2, 0) is 38.1 Å². The van der Waals surface area contributed by atoms with Gasteiger partial charge in [0.1, 0.15) is 0 Å². The Bertz CT molecular complexity index is 1160. The summed E-state index contributed by atoms with van der Waals surface area (Å²) in [6.07, 6.45) is 0. The van der Waals surface area contributed by atoms with Crippen molar-refractivity contribution >= 4 is 46.8 Å². The molecule has 10 heteroatoms. The van der Waals surface area contributed by atoms with Crippen molar-refractivity contribution in [3.05, 3.63) is 34.0 Å². The molecule has 30 heavy (non-hydrogen) atoms. The van der Waals surface area contributed by atoms with Crippen molar-refractivity contribution in [1.29, 1.82) is 0 Å². The Morgan fingerprint density at radius 1 is 0.833 bits per heavy atom. The molecule has 0 bridgehead atoms. The zero-order valence-corrected chi connectivity index (χ0v) is 16.7. The van der Waals surface area contributed by atoms with Gasteiger partial charge in [0.25, 0.3) is 0 Å². The highest BCUT2D eigenvalue weighted by Gasteiger charge is 2.32. The quantitative estimate of drug-likeness (QED) is 0.484. The number of rotatable bonds is 6. The molecular weight excluding hydrogens is 396 g/mol. The van der Waals surface area contributed by atoms with Crippen LogP contribution in [0.2, 0.25) is 0 Å². The van der Waals surface area contributed by atoms with E-state index in [0.717, 1.165) is 0 Å². The molecule has 0 N–H and O–H groups in total. The Kier molecular flexibility index (Phi) is 5.77. The number of hydrogen-bond acceptors (Lipinski definition) is 10. The van der Waals surface area contributed by atoms with E-state index in [-0.39, 0.29) is 58.0 Å². The molecule has 10 nitrogen and oxygen atoms in total. The summed E-state index contributed by atoms with van der Waals surface area (Å²) in [5.74, 6) is -3.03. The van der Waals surface area contributed by atoms with Crippen molar-refractivity contribution in [3.63, 3.8) is 0 Å². The summed E-state index contributed by atoms with van der Waals surface area (Å²) in [4.78, 5) is 56.1. The Morgan fingerprint density at radius 3 is 2.03 bits per heavy atom. The summed E-state index contributed by atoms with van der Waals surface area (Å²) in [6, 6.07) is 2.96. The van der Waals surface area contributed by atoms with Gasteiger partial charge < -0.3 is 18.9 Å². The van der Waals surface area contributed by atoms with E-state index in [1.54, 1.807) is 13.8 Å². The minimum atomic E-state index is -0.759. The van der Waals surface area contributed by atoms with Gasteiger partial charge in [0, 0.05) is 24.6 Å². The molecule has 0 spiro atoms. The summed E-state index contributed by atoms with van der Waals surface area (Å²) in [7, 11) is 0. The molecule has 0 amide bonds. The second-order valence-electron chi connectivity index (χ2n) is 6.09. The number of carbonyl (C=O) groups excluding carboxylic acids is 4. The third-order valence-corrected chi connectivity index (χ3v) is 3.93. The lowest BCUT2D eigenvalue weighted by atomic mass is 10.1. The second kappa shape index (κ2) is 8.27. The van der Waals surface area contributed by atoms with Crippen LogP contribution in [0.4, 0.5) is 5.69 Å². The van der Waals surface area contributed by atoms with E-state index in [1.807, 2.05) is 0 Å². The summed E-state index contributed by atoms with van der Waals surface area (Å²) in [5, 5.41) is 0.570. The van der Waals surface area contributed by atoms with Crippen LogP contribution >= 0.6 is 0 Å². The fourth-order valence-electron chi connectivity index (χ4n) is 2.89. The number of benzene rings is 1. The van der Waals surface area contributed by atoms with Crippen molar-refractivity contribution < 1.29 is 38.1 Å². The van der Waals surface area contributed by atoms with Crippen LogP contribution in [0.15, 0.2) is 27.8 Å². The molecule has 0 unspecified atom stereocenters. The first-order valence-corrected chi connectivity index (χ1v) is 9.08. The Morgan fingerprint density at radius 2 is 1.43 bits per heavy atom. The highest BCUT2D eigenvalue weighted by atomic mass is 16.6. The molecule has 0 fully saturated rings. The molecule has 0 atom stereocenters. The lowest BCUT2D eigenvalue weighted by Gasteiger charge is -2.07. The number of hydrogen-bond donors (Lipinski definition) is 0. The van der Waals surface area contributed by atoms with Crippen LogP contribution in [0.3, 0.4) is 0 Å². The van der Waals surface area contributed by atoms with Gasteiger partial charge in [0.05, 0.1) is 24.3 Å². The zero-order chi connectivity index (χ0) is 22.0. The fraction of sp³-hybridized carbons (Fsp3) is 0.300. The molecule has 2 aliphatic heterocycles. The first-order chi connectivity index (χ1) is 14.3. The van der Waals surface area contributed by atoms with Crippen molar-refractivity contribution in [2.75, 3.05) is 13.2 Å². The summed E-state index contributed by atoms with van der Waals surface area (Å²) in [5.41, 5.74) is 0.227. The average Bonchev–Trinajstić information content (AvgIpc) is 3.18. The maximum atomic E-state index is 12.3. The molecule has 1 aromatic rings. The predicted octanol–water partition coefficient (Wildman–Crippen LogP) is 0.435. The first-order valence-electron chi connectivity index (χ1n) is 9.08. The van der Waals surface area contributed by atoms with Crippen LogP contribution in [0, 0.1) is 0 Å². The van der Waals surface area contributed by atoms with E-state index in [9.17, 15) is 19.2 Å². The van der Waals surface area contributed by atoms with Gasteiger partial charge in [-0.15, -0.1) is 0 Å². The molecule has 1 aromatic carbocycles. The summed E-state index contributed by atoms with van der Waals surface area (Å²) < 4.78 is 20.4. The number of carbonyl (C=O) groups is 4. The molecule has 2 heterocycles. The molecule has 0 radical (unpaired) electrons. The van der Waals surface area contributed by atoms with Crippen molar-refractivity contribution in [2.24, 2.45) is 9.98 Å². The Balaban J connectivity index is 2.21. The SMILES string of the molecule is CCOC(=O)C1=Nc2cc3c(cc2=C1OC(C)=O)C(OC(C)=O)=C(C(=O)OCC)N=3. The normalized spacial score (nSPS) is 13.7. The molecule has 3 rings (SSSR count). The molecular formula is C20H18N2O8. The number of fused-ring (bicyclic) bond motifs is 2. The highest BCUT2D eigenvalue weighted by Crippen LogP contribution is 2.27. The van der Waals surface area contributed by atoms with Gasteiger partial charge in [0.15, 0.2) is 22.9 Å². The predicted molar refractivity (Wildman–Crippen MR) is 101 cm³/mol. The lowest BCUT2D eigenvalue weighted by Crippen LogP contribution is -2.23. The maximum Gasteiger partial charge on any atom is 0.360 e. The van der Waals surface area contributed by atoms with Crippen LogP contribution in [-0.4, -0.2) is 42.8 Å². The van der Waals surface area contributed by atoms with Gasteiger partial charge in [-0.2, -0.15) is 0 Å². The van der Waals surface area contributed by atoms with Crippen LogP contribution < -0.4 is 10.6 Å². The number of aliphatic imine (C=N–C) groups is 1.